The minimum absolute atomic E-state index is 0.0172. The quantitative estimate of drug-likeness (QED) is 0.897. The van der Waals surface area contributed by atoms with Gasteiger partial charge in [0.15, 0.2) is 11.6 Å². The van der Waals surface area contributed by atoms with Crippen LogP contribution in [0.1, 0.15) is 26.7 Å². The molecule has 0 radical (unpaired) electrons. The molecule has 0 atom stereocenters. The Morgan fingerprint density at radius 1 is 1.47 bits per heavy atom. The van der Waals surface area contributed by atoms with Gasteiger partial charge in [0.05, 0.1) is 6.20 Å². The van der Waals surface area contributed by atoms with E-state index in [1.165, 1.54) is 12.5 Å². The molecule has 1 saturated heterocycles. The highest BCUT2D eigenvalue weighted by Gasteiger charge is 2.26. The molecule has 1 aromatic rings. The molecule has 5 nitrogen and oxygen atoms in total. The second-order valence-corrected chi connectivity index (χ2v) is 5.12. The molecule has 104 valence electrons. The Kier molecular flexibility index (Phi) is 4.29. The summed E-state index contributed by atoms with van der Waals surface area (Å²) in [5.74, 6) is 0.0339. The van der Waals surface area contributed by atoms with Crippen molar-refractivity contribution in [2.75, 3.05) is 18.0 Å². The summed E-state index contributed by atoms with van der Waals surface area (Å²) in [4.78, 5) is 21.4. The zero-order chi connectivity index (χ0) is 13.8. The van der Waals surface area contributed by atoms with Crippen molar-refractivity contribution >= 4 is 11.7 Å². The number of aromatic nitrogens is 2. The Morgan fingerprint density at radius 3 is 2.74 bits per heavy atom. The van der Waals surface area contributed by atoms with Gasteiger partial charge in [-0.15, -0.1) is 0 Å². The zero-order valence-corrected chi connectivity index (χ0v) is 11.3. The standard InChI is InChI=1S/C13H19FN4O/c1-9(2)17-13(19)10-3-5-18(6-4-10)12-11(14)7-15-8-16-12/h7-10H,3-6H2,1-2H3,(H,17,19). The maximum atomic E-state index is 13.6. The SMILES string of the molecule is CC(C)NC(=O)C1CCN(c2ncncc2F)CC1. The lowest BCUT2D eigenvalue weighted by Gasteiger charge is -2.32. The number of rotatable bonds is 3. The predicted molar refractivity (Wildman–Crippen MR) is 70.2 cm³/mol. The lowest BCUT2D eigenvalue weighted by molar-refractivity contribution is -0.126. The van der Waals surface area contributed by atoms with Crippen LogP contribution in [-0.2, 0) is 4.79 Å². The number of carbonyl (C=O) groups excluding carboxylic acids is 1. The molecule has 1 aromatic heterocycles. The van der Waals surface area contributed by atoms with Crippen LogP contribution in [0.2, 0.25) is 0 Å². The van der Waals surface area contributed by atoms with Crippen molar-refractivity contribution in [3.8, 4) is 0 Å². The molecule has 2 heterocycles. The number of anilines is 1. The Balaban J connectivity index is 1.93. The van der Waals surface area contributed by atoms with E-state index in [0.717, 1.165) is 12.8 Å². The highest BCUT2D eigenvalue weighted by atomic mass is 19.1. The van der Waals surface area contributed by atoms with Gasteiger partial charge < -0.3 is 10.2 Å². The van der Waals surface area contributed by atoms with Crippen LogP contribution in [0.25, 0.3) is 0 Å². The van der Waals surface area contributed by atoms with Gasteiger partial charge in [-0.05, 0) is 26.7 Å². The second kappa shape index (κ2) is 5.95. The second-order valence-electron chi connectivity index (χ2n) is 5.12. The van der Waals surface area contributed by atoms with Gasteiger partial charge in [-0.25, -0.2) is 14.4 Å². The third-order valence-corrected chi connectivity index (χ3v) is 3.24. The summed E-state index contributed by atoms with van der Waals surface area (Å²) in [6.45, 7) is 5.18. The average molecular weight is 266 g/mol. The van der Waals surface area contributed by atoms with Gasteiger partial charge in [-0.2, -0.15) is 0 Å². The fourth-order valence-electron chi connectivity index (χ4n) is 2.29. The van der Waals surface area contributed by atoms with Crippen molar-refractivity contribution in [1.29, 1.82) is 0 Å². The number of amides is 1. The lowest BCUT2D eigenvalue weighted by Crippen LogP contribution is -2.42. The van der Waals surface area contributed by atoms with Crippen LogP contribution in [0.5, 0.6) is 0 Å². The van der Waals surface area contributed by atoms with Crippen LogP contribution in [-0.4, -0.2) is 35.0 Å². The van der Waals surface area contributed by atoms with Gasteiger partial charge in [-0.1, -0.05) is 0 Å². The van der Waals surface area contributed by atoms with Gasteiger partial charge >= 0.3 is 0 Å². The molecule has 0 aliphatic carbocycles. The van der Waals surface area contributed by atoms with Gasteiger partial charge in [0.2, 0.25) is 5.91 Å². The number of nitrogens with zero attached hydrogens (tertiary/aromatic N) is 3. The van der Waals surface area contributed by atoms with Gasteiger partial charge in [0.1, 0.15) is 6.33 Å². The van der Waals surface area contributed by atoms with Crippen LogP contribution < -0.4 is 10.2 Å². The summed E-state index contributed by atoms with van der Waals surface area (Å²) in [5.41, 5.74) is 0. The number of nitrogens with one attached hydrogen (secondary N) is 1. The molecule has 0 saturated carbocycles. The smallest absolute Gasteiger partial charge is 0.223 e. The predicted octanol–water partition coefficient (Wildman–Crippen LogP) is 1.36. The Morgan fingerprint density at radius 2 is 2.16 bits per heavy atom. The Bertz CT molecular complexity index is 444. The summed E-state index contributed by atoms with van der Waals surface area (Å²) in [6.07, 6.45) is 3.96. The van der Waals surface area contributed by atoms with E-state index in [9.17, 15) is 9.18 Å². The monoisotopic (exact) mass is 266 g/mol. The third-order valence-electron chi connectivity index (χ3n) is 3.24. The highest BCUT2D eigenvalue weighted by Crippen LogP contribution is 2.23. The summed E-state index contributed by atoms with van der Waals surface area (Å²) in [7, 11) is 0. The molecular formula is C13H19FN4O. The molecule has 1 N–H and O–H groups in total. The normalized spacial score (nSPS) is 16.7. The summed E-state index contributed by atoms with van der Waals surface area (Å²) in [5, 5.41) is 2.92. The largest absolute Gasteiger partial charge is 0.354 e. The van der Waals surface area contributed by atoms with E-state index in [1.807, 2.05) is 18.7 Å². The highest BCUT2D eigenvalue weighted by molar-refractivity contribution is 5.79. The molecule has 0 spiro atoms. The number of carbonyl (C=O) groups is 1. The number of piperidine rings is 1. The number of halogens is 1. The van der Waals surface area contributed by atoms with Crippen LogP contribution in [0.15, 0.2) is 12.5 Å². The fourth-order valence-corrected chi connectivity index (χ4v) is 2.29. The molecular weight excluding hydrogens is 247 g/mol. The van der Waals surface area contributed by atoms with Crippen LogP contribution in [0.4, 0.5) is 10.2 Å². The first-order chi connectivity index (χ1) is 9.08. The molecule has 19 heavy (non-hydrogen) atoms. The van der Waals surface area contributed by atoms with Crippen molar-refractivity contribution in [3.05, 3.63) is 18.3 Å². The molecule has 0 bridgehead atoms. The van der Waals surface area contributed by atoms with Gasteiger partial charge in [0.25, 0.3) is 0 Å². The van der Waals surface area contributed by atoms with Crippen LogP contribution in [0.3, 0.4) is 0 Å². The molecule has 1 amide bonds. The lowest BCUT2D eigenvalue weighted by atomic mass is 9.95. The molecule has 0 unspecified atom stereocenters. The van der Waals surface area contributed by atoms with Crippen LogP contribution >= 0.6 is 0 Å². The molecule has 0 aromatic carbocycles. The van der Waals surface area contributed by atoms with E-state index in [0.29, 0.717) is 18.9 Å². The van der Waals surface area contributed by atoms with Gasteiger partial charge in [0, 0.05) is 25.0 Å². The van der Waals surface area contributed by atoms with Gasteiger partial charge in [-0.3, -0.25) is 4.79 Å². The third kappa shape index (κ3) is 3.39. The number of hydrogen-bond acceptors (Lipinski definition) is 4. The minimum atomic E-state index is -0.410. The first-order valence-electron chi connectivity index (χ1n) is 6.58. The molecule has 1 fully saturated rings. The molecule has 6 heteroatoms. The zero-order valence-electron chi connectivity index (χ0n) is 11.3. The van der Waals surface area contributed by atoms with E-state index in [1.54, 1.807) is 0 Å². The molecule has 1 aliphatic rings. The van der Waals surface area contributed by atoms with Crippen molar-refractivity contribution < 1.29 is 9.18 Å². The summed E-state index contributed by atoms with van der Waals surface area (Å²) >= 11 is 0. The summed E-state index contributed by atoms with van der Waals surface area (Å²) in [6, 6.07) is 0.157. The van der Waals surface area contributed by atoms with Crippen molar-refractivity contribution in [2.24, 2.45) is 5.92 Å². The maximum Gasteiger partial charge on any atom is 0.223 e. The fraction of sp³-hybridized carbons (Fsp3) is 0.615. The average Bonchev–Trinajstić information content (AvgIpc) is 2.39. The van der Waals surface area contributed by atoms with E-state index in [4.69, 9.17) is 0 Å². The van der Waals surface area contributed by atoms with Crippen LogP contribution in [0, 0.1) is 11.7 Å². The minimum Gasteiger partial charge on any atom is -0.354 e. The Labute approximate surface area is 112 Å². The van der Waals surface area contributed by atoms with Crippen molar-refractivity contribution in [3.63, 3.8) is 0 Å². The van der Waals surface area contributed by atoms with E-state index < -0.39 is 5.82 Å². The first kappa shape index (κ1) is 13.7. The van der Waals surface area contributed by atoms with E-state index in [2.05, 4.69) is 15.3 Å². The summed E-state index contributed by atoms with van der Waals surface area (Å²) < 4.78 is 13.6. The van der Waals surface area contributed by atoms with Crippen molar-refractivity contribution in [2.45, 2.75) is 32.7 Å². The van der Waals surface area contributed by atoms with E-state index >= 15 is 0 Å². The maximum absolute atomic E-state index is 13.6. The Hall–Kier alpha value is -1.72. The molecule has 2 rings (SSSR count). The number of hydrogen-bond donors (Lipinski definition) is 1. The topological polar surface area (TPSA) is 58.1 Å². The molecule has 1 aliphatic heterocycles. The van der Waals surface area contributed by atoms with E-state index in [-0.39, 0.29) is 17.9 Å². The van der Waals surface area contributed by atoms with Crippen molar-refractivity contribution in [1.82, 2.24) is 15.3 Å². The first-order valence-corrected chi connectivity index (χ1v) is 6.58.